The number of rotatable bonds is 7. The van der Waals surface area contributed by atoms with Gasteiger partial charge in [-0.2, -0.15) is 0 Å². The molecule has 0 bridgehead atoms. The second kappa shape index (κ2) is 7.22. The van der Waals surface area contributed by atoms with Gasteiger partial charge < -0.3 is 10.1 Å². The van der Waals surface area contributed by atoms with Gasteiger partial charge in [0.15, 0.2) is 11.6 Å². The monoisotopic (exact) mass is 243 g/mol. The number of hydrogen-bond acceptors (Lipinski definition) is 2. The first-order valence-corrected chi connectivity index (χ1v) is 5.88. The number of halogens is 2. The lowest BCUT2D eigenvalue weighted by molar-refractivity contribution is 0.291. The SMILES string of the molecule is CC(C)CNCCCOc1ccc(F)cc1F. The van der Waals surface area contributed by atoms with Gasteiger partial charge >= 0.3 is 0 Å². The normalized spacial score (nSPS) is 10.9. The van der Waals surface area contributed by atoms with Crippen molar-refractivity contribution in [2.24, 2.45) is 5.92 Å². The molecule has 0 spiro atoms. The largest absolute Gasteiger partial charge is 0.490 e. The quantitative estimate of drug-likeness (QED) is 0.743. The van der Waals surface area contributed by atoms with Gasteiger partial charge in [0.05, 0.1) is 6.61 Å². The molecule has 0 amide bonds. The molecule has 96 valence electrons. The van der Waals surface area contributed by atoms with Crippen LogP contribution in [0.5, 0.6) is 5.75 Å². The Kier molecular flexibility index (Phi) is 5.91. The molecule has 1 rings (SSSR count). The lowest BCUT2D eigenvalue weighted by atomic mass is 10.2. The molecule has 1 N–H and O–H groups in total. The summed E-state index contributed by atoms with van der Waals surface area (Å²) in [7, 11) is 0. The van der Waals surface area contributed by atoms with Crippen LogP contribution in [-0.2, 0) is 0 Å². The number of nitrogens with one attached hydrogen (secondary N) is 1. The van der Waals surface area contributed by atoms with E-state index in [1.165, 1.54) is 12.1 Å². The van der Waals surface area contributed by atoms with E-state index in [0.717, 1.165) is 25.6 Å². The Hall–Kier alpha value is -1.16. The molecule has 0 aliphatic rings. The predicted octanol–water partition coefficient (Wildman–Crippen LogP) is 2.98. The van der Waals surface area contributed by atoms with Gasteiger partial charge in [0.25, 0.3) is 0 Å². The van der Waals surface area contributed by atoms with Crippen LogP contribution in [0, 0.1) is 17.6 Å². The maximum Gasteiger partial charge on any atom is 0.167 e. The second-order valence-electron chi connectivity index (χ2n) is 4.37. The van der Waals surface area contributed by atoms with Crippen molar-refractivity contribution >= 4 is 0 Å². The van der Waals surface area contributed by atoms with E-state index in [1.807, 2.05) is 0 Å². The van der Waals surface area contributed by atoms with Crippen LogP contribution in [-0.4, -0.2) is 19.7 Å². The summed E-state index contributed by atoms with van der Waals surface area (Å²) < 4.78 is 31.0. The zero-order valence-electron chi connectivity index (χ0n) is 10.3. The van der Waals surface area contributed by atoms with Crippen molar-refractivity contribution in [3.05, 3.63) is 29.8 Å². The molecule has 4 heteroatoms. The number of hydrogen-bond donors (Lipinski definition) is 1. The first-order valence-electron chi connectivity index (χ1n) is 5.88. The summed E-state index contributed by atoms with van der Waals surface area (Å²) >= 11 is 0. The first kappa shape index (κ1) is 13.9. The van der Waals surface area contributed by atoms with E-state index in [4.69, 9.17) is 4.74 Å². The third-order valence-corrected chi connectivity index (χ3v) is 2.20. The Morgan fingerprint density at radius 3 is 2.71 bits per heavy atom. The molecule has 2 nitrogen and oxygen atoms in total. The Bertz CT molecular complexity index is 342. The average molecular weight is 243 g/mol. The second-order valence-corrected chi connectivity index (χ2v) is 4.37. The Labute approximate surface area is 101 Å². The zero-order chi connectivity index (χ0) is 12.7. The zero-order valence-corrected chi connectivity index (χ0v) is 10.3. The molecule has 1 aromatic carbocycles. The van der Waals surface area contributed by atoms with Crippen molar-refractivity contribution in [3.8, 4) is 5.75 Å². The molecular weight excluding hydrogens is 224 g/mol. The summed E-state index contributed by atoms with van der Waals surface area (Å²) in [6.45, 7) is 6.49. The fourth-order valence-electron chi connectivity index (χ4n) is 1.36. The van der Waals surface area contributed by atoms with Gasteiger partial charge in [-0.3, -0.25) is 0 Å². The lowest BCUT2D eigenvalue weighted by Crippen LogP contribution is -2.22. The maximum atomic E-state index is 13.2. The molecular formula is C13H19F2NO. The molecule has 0 saturated heterocycles. The molecule has 0 fully saturated rings. The maximum absolute atomic E-state index is 13.2. The smallest absolute Gasteiger partial charge is 0.167 e. The van der Waals surface area contributed by atoms with E-state index >= 15 is 0 Å². The molecule has 0 aromatic heterocycles. The number of benzene rings is 1. The summed E-state index contributed by atoms with van der Waals surface area (Å²) in [6, 6.07) is 3.33. The van der Waals surface area contributed by atoms with E-state index in [1.54, 1.807) is 0 Å². The van der Waals surface area contributed by atoms with Crippen LogP contribution in [0.15, 0.2) is 18.2 Å². The van der Waals surface area contributed by atoms with E-state index in [-0.39, 0.29) is 5.75 Å². The third kappa shape index (κ3) is 5.63. The van der Waals surface area contributed by atoms with Gasteiger partial charge in [-0.1, -0.05) is 13.8 Å². The van der Waals surface area contributed by atoms with E-state index < -0.39 is 11.6 Å². The van der Waals surface area contributed by atoms with E-state index in [9.17, 15) is 8.78 Å². The summed E-state index contributed by atoms with van der Waals surface area (Å²) in [5, 5.41) is 3.26. The summed E-state index contributed by atoms with van der Waals surface area (Å²) in [5.41, 5.74) is 0. The average Bonchev–Trinajstić information content (AvgIpc) is 2.25. The summed E-state index contributed by atoms with van der Waals surface area (Å²) in [6.07, 6.45) is 0.795. The third-order valence-electron chi connectivity index (χ3n) is 2.20. The van der Waals surface area contributed by atoms with Crippen molar-refractivity contribution in [1.82, 2.24) is 5.32 Å². The Balaban J connectivity index is 2.18. The Morgan fingerprint density at radius 1 is 1.29 bits per heavy atom. The highest BCUT2D eigenvalue weighted by Gasteiger charge is 2.04. The topological polar surface area (TPSA) is 21.3 Å². The van der Waals surface area contributed by atoms with Crippen molar-refractivity contribution < 1.29 is 13.5 Å². The minimum atomic E-state index is -0.653. The van der Waals surface area contributed by atoms with E-state index in [0.29, 0.717) is 12.5 Å². The van der Waals surface area contributed by atoms with Crippen molar-refractivity contribution in [2.75, 3.05) is 19.7 Å². The lowest BCUT2D eigenvalue weighted by Gasteiger charge is -2.09. The van der Waals surface area contributed by atoms with Gasteiger partial charge in [-0.05, 0) is 37.6 Å². The molecule has 0 atom stereocenters. The highest BCUT2D eigenvalue weighted by molar-refractivity contribution is 5.24. The Morgan fingerprint density at radius 2 is 2.06 bits per heavy atom. The summed E-state index contributed by atoms with van der Waals surface area (Å²) in [4.78, 5) is 0. The van der Waals surface area contributed by atoms with Crippen molar-refractivity contribution in [3.63, 3.8) is 0 Å². The first-order chi connectivity index (χ1) is 8.09. The molecule has 0 radical (unpaired) electrons. The van der Waals surface area contributed by atoms with Gasteiger partial charge in [-0.25, -0.2) is 8.78 Å². The van der Waals surface area contributed by atoms with Crippen molar-refractivity contribution in [2.45, 2.75) is 20.3 Å². The molecule has 1 aromatic rings. The van der Waals surface area contributed by atoms with Crippen LogP contribution in [0.1, 0.15) is 20.3 Å². The molecule has 0 unspecified atom stereocenters. The van der Waals surface area contributed by atoms with Gasteiger partial charge in [0, 0.05) is 6.07 Å². The molecule has 0 aliphatic carbocycles. The highest BCUT2D eigenvalue weighted by Crippen LogP contribution is 2.17. The van der Waals surface area contributed by atoms with Gasteiger partial charge in [0.2, 0.25) is 0 Å². The fourth-order valence-corrected chi connectivity index (χ4v) is 1.36. The van der Waals surface area contributed by atoms with Gasteiger partial charge in [0.1, 0.15) is 5.82 Å². The van der Waals surface area contributed by atoms with Crippen molar-refractivity contribution in [1.29, 1.82) is 0 Å². The minimum absolute atomic E-state index is 0.107. The summed E-state index contributed by atoms with van der Waals surface area (Å²) in [5.74, 6) is -0.519. The molecule has 0 saturated carbocycles. The standard InChI is InChI=1S/C13H19F2NO/c1-10(2)9-16-6-3-7-17-13-5-4-11(14)8-12(13)15/h4-5,8,10,16H,3,6-7,9H2,1-2H3. The van der Waals surface area contributed by atoms with Crippen LogP contribution in [0.4, 0.5) is 8.78 Å². The van der Waals surface area contributed by atoms with Crippen LogP contribution < -0.4 is 10.1 Å². The van der Waals surface area contributed by atoms with Crippen LogP contribution in [0.25, 0.3) is 0 Å². The van der Waals surface area contributed by atoms with Crippen LogP contribution in [0.3, 0.4) is 0 Å². The number of ether oxygens (including phenoxy) is 1. The molecule has 0 heterocycles. The fraction of sp³-hybridized carbons (Fsp3) is 0.538. The molecule has 17 heavy (non-hydrogen) atoms. The molecule has 0 aliphatic heterocycles. The minimum Gasteiger partial charge on any atom is -0.490 e. The highest BCUT2D eigenvalue weighted by atomic mass is 19.1. The van der Waals surface area contributed by atoms with Gasteiger partial charge in [-0.15, -0.1) is 0 Å². The predicted molar refractivity (Wildman–Crippen MR) is 64.2 cm³/mol. The van der Waals surface area contributed by atoms with Crippen LogP contribution >= 0.6 is 0 Å². The van der Waals surface area contributed by atoms with E-state index in [2.05, 4.69) is 19.2 Å². The van der Waals surface area contributed by atoms with Crippen LogP contribution in [0.2, 0.25) is 0 Å².